The minimum absolute atomic E-state index is 0.115. The molecule has 4 heteroatoms. The van der Waals surface area contributed by atoms with Gasteiger partial charge in [-0.05, 0) is 26.0 Å². The fourth-order valence-electron chi connectivity index (χ4n) is 1.57. The zero-order chi connectivity index (χ0) is 11.1. The van der Waals surface area contributed by atoms with Crippen molar-refractivity contribution in [3.8, 4) is 11.5 Å². The molecule has 3 nitrogen and oxygen atoms in total. The molecule has 1 aliphatic heterocycles. The Balaban J connectivity index is 2.59. The summed E-state index contributed by atoms with van der Waals surface area (Å²) in [5.74, 6) is 0.978. The van der Waals surface area contributed by atoms with Crippen LogP contribution in [0.15, 0.2) is 12.1 Å². The van der Waals surface area contributed by atoms with Crippen LogP contribution >= 0.6 is 0 Å². The van der Waals surface area contributed by atoms with Gasteiger partial charge in [-0.1, -0.05) is 0 Å². The smallest absolute Gasteiger partial charge is 0.231 e. The summed E-state index contributed by atoms with van der Waals surface area (Å²) in [5.41, 5.74) is -0.953. The van der Waals surface area contributed by atoms with Crippen molar-refractivity contribution >= 4 is 6.29 Å². The number of aldehydes is 1. The zero-order valence-corrected chi connectivity index (χ0v) is 8.54. The lowest BCUT2D eigenvalue weighted by Gasteiger charge is -2.17. The molecule has 0 saturated carbocycles. The molecular formula is C11H11FO3. The van der Waals surface area contributed by atoms with Crippen molar-refractivity contribution in [3.63, 3.8) is 0 Å². The number of hydrogen-bond acceptors (Lipinski definition) is 3. The Labute approximate surface area is 86.8 Å². The van der Waals surface area contributed by atoms with E-state index in [0.29, 0.717) is 28.9 Å². The van der Waals surface area contributed by atoms with E-state index in [4.69, 9.17) is 9.47 Å². The number of hydrogen-bond donors (Lipinski definition) is 0. The first-order chi connectivity index (χ1) is 7.02. The summed E-state index contributed by atoms with van der Waals surface area (Å²) >= 11 is 0. The molecule has 1 aromatic carbocycles. The number of alkyl halides is 1. The third kappa shape index (κ3) is 1.67. The largest absolute Gasteiger partial charge is 0.454 e. The molecule has 0 N–H and O–H groups in total. The van der Waals surface area contributed by atoms with E-state index in [0.717, 1.165) is 0 Å². The topological polar surface area (TPSA) is 35.5 Å². The van der Waals surface area contributed by atoms with Gasteiger partial charge in [0.2, 0.25) is 6.79 Å². The van der Waals surface area contributed by atoms with Crippen LogP contribution in [0, 0.1) is 0 Å². The molecule has 2 rings (SSSR count). The normalized spacial score (nSPS) is 14.1. The van der Waals surface area contributed by atoms with Crippen molar-refractivity contribution in [3.05, 3.63) is 23.3 Å². The molecular weight excluding hydrogens is 199 g/mol. The third-order valence-corrected chi connectivity index (χ3v) is 2.31. The summed E-state index contributed by atoms with van der Waals surface area (Å²) in [5, 5.41) is 0. The maximum Gasteiger partial charge on any atom is 0.231 e. The molecule has 0 atom stereocenters. The van der Waals surface area contributed by atoms with Crippen LogP contribution in [0.4, 0.5) is 4.39 Å². The van der Waals surface area contributed by atoms with Gasteiger partial charge >= 0.3 is 0 Å². The quantitative estimate of drug-likeness (QED) is 0.703. The number of carbonyl (C=O) groups excluding carboxylic acids is 1. The van der Waals surface area contributed by atoms with Gasteiger partial charge < -0.3 is 9.47 Å². The second-order valence-electron chi connectivity index (χ2n) is 3.88. The number of carbonyl (C=O) groups is 1. The Morgan fingerprint density at radius 3 is 2.47 bits per heavy atom. The predicted octanol–water partition coefficient (Wildman–Crippen LogP) is 2.43. The molecule has 0 radical (unpaired) electrons. The average Bonchev–Trinajstić information content (AvgIpc) is 2.60. The van der Waals surface area contributed by atoms with Crippen molar-refractivity contribution in [1.29, 1.82) is 0 Å². The molecule has 0 saturated heterocycles. The van der Waals surface area contributed by atoms with E-state index in [-0.39, 0.29) is 6.79 Å². The van der Waals surface area contributed by atoms with E-state index in [9.17, 15) is 9.18 Å². The first kappa shape index (κ1) is 9.96. The van der Waals surface area contributed by atoms with Crippen LogP contribution in [0.1, 0.15) is 29.8 Å². The molecule has 1 heterocycles. The van der Waals surface area contributed by atoms with E-state index in [1.807, 2.05) is 0 Å². The maximum atomic E-state index is 13.8. The molecule has 0 amide bonds. The Hall–Kier alpha value is -1.58. The van der Waals surface area contributed by atoms with E-state index in [1.165, 1.54) is 26.0 Å². The Bertz CT molecular complexity index is 407. The highest BCUT2D eigenvalue weighted by Crippen LogP contribution is 2.38. The minimum atomic E-state index is -1.57. The predicted molar refractivity (Wildman–Crippen MR) is 52.1 cm³/mol. The van der Waals surface area contributed by atoms with Crippen LogP contribution in [0.3, 0.4) is 0 Å². The van der Waals surface area contributed by atoms with Gasteiger partial charge in [0.15, 0.2) is 17.8 Å². The second kappa shape index (κ2) is 3.22. The number of benzene rings is 1. The highest BCUT2D eigenvalue weighted by atomic mass is 19.1. The summed E-state index contributed by atoms with van der Waals surface area (Å²) in [6.07, 6.45) is 0.624. The fraction of sp³-hybridized carbons (Fsp3) is 0.364. The molecule has 0 spiro atoms. The van der Waals surface area contributed by atoms with E-state index in [2.05, 4.69) is 0 Å². The monoisotopic (exact) mass is 210 g/mol. The molecule has 0 aliphatic carbocycles. The maximum absolute atomic E-state index is 13.8. The van der Waals surface area contributed by atoms with Gasteiger partial charge in [0.25, 0.3) is 0 Å². The number of ether oxygens (including phenoxy) is 2. The van der Waals surface area contributed by atoms with Crippen LogP contribution in [0.5, 0.6) is 11.5 Å². The molecule has 0 bridgehead atoms. The lowest BCUT2D eigenvalue weighted by atomic mass is 9.94. The van der Waals surface area contributed by atoms with Gasteiger partial charge in [-0.25, -0.2) is 4.39 Å². The van der Waals surface area contributed by atoms with Crippen LogP contribution < -0.4 is 9.47 Å². The van der Waals surface area contributed by atoms with Crippen molar-refractivity contribution in [2.24, 2.45) is 0 Å². The Morgan fingerprint density at radius 2 is 1.93 bits per heavy atom. The summed E-state index contributed by atoms with van der Waals surface area (Å²) in [6, 6.07) is 3.03. The van der Waals surface area contributed by atoms with Crippen LogP contribution in [0.2, 0.25) is 0 Å². The van der Waals surface area contributed by atoms with Crippen molar-refractivity contribution in [1.82, 2.24) is 0 Å². The van der Waals surface area contributed by atoms with Crippen molar-refractivity contribution in [2.75, 3.05) is 6.79 Å². The van der Waals surface area contributed by atoms with Crippen LogP contribution in [0.25, 0.3) is 0 Å². The zero-order valence-electron chi connectivity index (χ0n) is 8.54. The SMILES string of the molecule is CC(C)(F)c1cc2c(cc1C=O)OCO2. The van der Waals surface area contributed by atoms with Gasteiger partial charge in [-0.2, -0.15) is 0 Å². The number of rotatable bonds is 2. The highest BCUT2D eigenvalue weighted by molar-refractivity contribution is 5.80. The van der Waals surface area contributed by atoms with Crippen LogP contribution in [-0.4, -0.2) is 13.1 Å². The summed E-state index contributed by atoms with van der Waals surface area (Å²) in [7, 11) is 0. The Morgan fingerprint density at radius 1 is 1.33 bits per heavy atom. The second-order valence-corrected chi connectivity index (χ2v) is 3.88. The molecule has 80 valence electrons. The van der Waals surface area contributed by atoms with E-state index in [1.54, 1.807) is 0 Å². The molecule has 15 heavy (non-hydrogen) atoms. The lowest BCUT2D eigenvalue weighted by Crippen LogP contribution is -2.12. The van der Waals surface area contributed by atoms with E-state index >= 15 is 0 Å². The molecule has 0 fully saturated rings. The number of fused-ring (bicyclic) bond motifs is 1. The Kier molecular flexibility index (Phi) is 2.14. The van der Waals surface area contributed by atoms with Crippen molar-refractivity contribution < 1.29 is 18.7 Å². The van der Waals surface area contributed by atoms with Crippen molar-refractivity contribution in [2.45, 2.75) is 19.5 Å². The lowest BCUT2D eigenvalue weighted by molar-refractivity contribution is 0.111. The van der Waals surface area contributed by atoms with Gasteiger partial charge in [0.05, 0.1) is 0 Å². The number of halogens is 1. The van der Waals surface area contributed by atoms with Gasteiger partial charge in [-0.15, -0.1) is 0 Å². The molecule has 1 aromatic rings. The third-order valence-electron chi connectivity index (χ3n) is 2.31. The molecule has 1 aliphatic rings. The van der Waals surface area contributed by atoms with Gasteiger partial charge in [0, 0.05) is 11.1 Å². The first-order valence-electron chi connectivity index (χ1n) is 4.60. The first-order valence-corrected chi connectivity index (χ1v) is 4.60. The van der Waals surface area contributed by atoms with Gasteiger partial charge in [0.1, 0.15) is 5.67 Å². The summed E-state index contributed by atoms with van der Waals surface area (Å²) < 4.78 is 24.0. The van der Waals surface area contributed by atoms with Crippen LogP contribution in [-0.2, 0) is 5.67 Å². The standard InChI is InChI=1S/C11H11FO3/c1-11(2,12)8-4-10-9(14-6-15-10)3-7(8)5-13/h3-5H,6H2,1-2H3. The van der Waals surface area contributed by atoms with E-state index < -0.39 is 5.67 Å². The highest BCUT2D eigenvalue weighted by Gasteiger charge is 2.26. The molecule has 0 unspecified atom stereocenters. The average molecular weight is 210 g/mol. The summed E-state index contributed by atoms with van der Waals surface area (Å²) in [6.45, 7) is 2.92. The molecule has 0 aromatic heterocycles. The fourth-order valence-corrected chi connectivity index (χ4v) is 1.57. The van der Waals surface area contributed by atoms with Gasteiger partial charge in [-0.3, -0.25) is 4.79 Å². The summed E-state index contributed by atoms with van der Waals surface area (Å²) in [4.78, 5) is 10.8. The minimum Gasteiger partial charge on any atom is -0.454 e.